The summed E-state index contributed by atoms with van der Waals surface area (Å²) in [6.07, 6.45) is -0.227. The van der Waals surface area contributed by atoms with Crippen molar-refractivity contribution in [3.63, 3.8) is 0 Å². The van der Waals surface area contributed by atoms with Crippen LogP contribution in [0.2, 0.25) is 0 Å². The van der Waals surface area contributed by atoms with Crippen LogP contribution in [0.3, 0.4) is 0 Å². The molecule has 1 aliphatic rings. The summed E-state index contributed by atoms with van der Waals surface area (Å²) in [6.45, 7) is 6.09. The number of rotatable bonds is 10. The number of carboxylic acids is 1. The fourth-order valence-corrected chi connectivity index (χ4v) is 4.25. The first-order chi connectivity index (χ1) is 15.8. The number of amides is 2. The van der Waals surface area contributed by atoms with Gasteiger partial charge in [0.15, 0.2) is 0 Å². The third-order valence-electron chi connectivity index (χ3n) is 5.81. The molecule has 2 aromatic carbocycles. The van der Waals surface area contributed by atoms with E-state index in [9.17, 15) is 14.4 Å². The van der Waals surface area contributed by atoms with Crippen LogP contribution in [0.4, 0.5) is 4.79 Å². The molecule has 3 N–H and O–H groups in total. The summed E-state index contributed by atoms with van der Waals surface area (Å²) in [5, 5.41) is 14.3. The smallest absolute Gasteiger partial charge is 0.407 e. The molecular formula is C26H32N2O5. The topological polar surface area (TPSA) is 105 Å². The van der Waals surface area contributed by atoms with Gasteiger partial charge >= 0.3 is 12.1 Å². The summed E-state index contributed by atoms with van der Waals surface area (Å²) < 4.78 is 5.57. The second-order valence-electron chi connectivity index (χ2n) is 9.10. The largest absolute Gasteiger partial charge is 0.481 e. The average Bonchev–Trinajstić information content (AvgIpc) is 3.08. The molecule has 33 heavy (non-hydrogen) atoms. The van der Waals surface area contributed by atoms with E-state index in [1.165, 1.54) is 0 Å². The van der Waals surface area contributed by atoms with Crippen LogP contribution >= 0.6 is 0 Å². The van der Waals surface area contributed by atoms with Crippen LogP contribution in [-0.4, -0.2) is 42.3 Å². The van der Waals surface area contributed by atoms with Crippen molar-refractivity contribution < 1.29 is 24.2 Å². The van der Waals surface area contributed by atoms with Crippen LogP contribution in [0, 0.1) is 11.8 Å². The normalized spacial score (nSPS) is 14.2. The van der Waals surface area contributed by atoms with Crippen LogP contribution < -0.4 is 10.6 Å². The van der Waals surface area contributed by atoms with Gasteiger partial charge in [-0.15, -0.1) is 0 Å². The molecule has 2 aromatic rings. The summed E-state index contributed by atoms with van der Waals surface area (Å²) >= 11 is 0. The molecule has 0 radical (unpaired) electrons. The Morgan fingerprint density at radius 2 is 1.55 bits per heavy atom. The number of hydrogen-bond acceptors (Lipinski definition) is 4. The SMILES string of the molecule is CC(C)CC(NC(=O)OCC1c2ccccc2-c2ccccc21)C(=O)NCC(C)CC(=O)O. The van der Waals surface area contributed by atoms with Gasteiger partial charge in [-0.3, -0.25) is 9.59 Å². The first kappa shape index (κ1) is 24.3. The molecule has 176 valence electrons. The summed E-state index contributed by atoms with van der Waals surface area (Å²) in [4.78, 5) is 36.1. The molecule has 1 aliphatic carbocycles. The predicted octanol–water partition coefficient (Wildman–Crippen LogP) is 4.17. The van der Waals surface area contributed by atoms with E-state index in [4.69, 9.17) is 9.84 Å². The maximum absolute atomic E-state index is 12.7. The third kappa shape index (κ3) is 6.34. The van der Waals surface area contributed by atoms with E-state index in [1.54, 1.807) is 6.92 Å². The highest BCUT2D eigenvalue weighted by atomic mass is 16.5. The van der Waals surface area contributed by atoms with Crippen LogP contribution in [0.25, 0.3) is 11.1 Å². The lowest BCUT2D eigenvalue weighted by atomic mass is 9.98. The van der Waals surface area contributed by atoms with Crippen molar-refractivity contribution in [2.45, 2.75) is 45.6 Å². The monoisotopic (exact) mass is 452 g/mol. The zero-order valence-corrected chi connectivity index (χ0v) is 19.3. The van der Waals surface area contributed by atoms with Crippen molar-refractivity contribution in [2.24, 2.45) is 11.8 Å². The molecule has 0 aromatic heterocycles. The average molecular weight is 453 g/mol. The van der Waals surface area contributed by atoms with Gasteiger partial charge in [-0.2, -0.15) is 0 Å². The zero-order chi connectivity index (χ0) is 24.0. The van der Waals surface area contributed by atoms with Crippen molar-refractivity contribution in [3.8, 4) is 11.1 Å². The Morgan fingerprint density at radius 3 is 2.09 bits per heavy atom. The molecule has 2 atom stereocenters. The molecule has 0 spiro atoms. The van der Waals surface area contributed by atoms with Crippen molar-refractivity contribution in [2.75, 3.05) is 13.2 Å². The Balaban J connectivity index is 1.60. The van der Waals surface area contributed by atoms with E-state index in [1.807, 2.05) is 38.1 Å². The van der Waals surface area contributed by atoms with Gasteiger partial charge in [0.05, 0.1) is 0 Å². The molecule has 0 saturated heterocycles. The molecule has 0 saturated carbocycles. The van der Waals surface area contributed by atoms with Crippen molar-refractivity contribution in [1.82, 2.24) is 10.6 Å². The number of carboxylic acid groups (broad SMARTS) is 1. The molecule has 0 bridgehead atoms. The number of ether oxygens (including phenoxy) is 1. The van der Waals surface area contributed by atoms with E-state index in [2.05, 4.69) is 34.9 Å². The summed E-state index contributed by atoms with van der Waals surface area (Å²) in [6, 6.07) is 15.4. The van der Waals surface area contributed by atoms with Crippen molar-refractivity contribution in [1.29, 1.82) is 0 Å². The van der Waals surface area contributed by atoms with Gasteiger partial charge in [0.2, 0.25) is 5.91 Å². The summed E-state index contributed by atoms with van der Waals surface area (Å²) in [5.41, 5.74) is 4.54. The highest BCUT2D eigenvalue weighted by Crippen LogP contribution is 2.44. The molecule has 0 fully saturated rings. The fraction of sp³-hybridized carbons (Fsp3) is 0.423. The number of aliphatic carboxylic acids is 1. The van der Waals surface area contributed by atoms with Gasteiger partial charge < -0.3 is 20.5 Å². The van der Waals surface area contributed by atoms with E-state index in [0.29, 0.717) is 6.42 Å². The predicted molar refractivity (Wildman–Crippen MR) is 126 cm³/mol. The lowest BCUT2D eigenvalue weighted by molar-refractivity contribution is -0.138. The minimum absolute atomic E-state index is 0.0328. The highest BCUT2D eigenvalue weighted by Gasteiger charge is 2.30. The van der Waals surface area contributed by atoms with Crippen LogP contribution in [0.1, 0.15) is 50.7 Å². The van der Waals surface area contributed by atoms with Gasteiger partial charge in [-0.1, -0.05) is 69.3 Å². The molecule has 2 unspecified atom stereocenters. The second kappa shape index (κ2) is 11.0. The Morgan fingerprint density at radius 1 is 0.970 bits per heavy atom. The summed E-state index contributed by atoms with van der Waals surface area (Å²) in [5.74, 6) is -1.34. The van der Waals surface area contributed by atoms with E-state index in [-0.39, 0.29) is 43.2 Å². The minimum atomic E-state index is -0.910. The maximum atomic E-state index is 12.7. The molecule has 2 amide bonds. The Kier molecular flexibility index (Phi) is 8.09. The standard InChI is InChI=1S/C26H32N2O5/c1-16(2)12-23(25(31)27-14-17(3)13-24(29)30)28-26(32)33-15-22-20-10-6-4-8-18(20)19-9-5-7-11-21(19)22/h4-11,16-17,22-23H,12-15H2,1-3H3,(H,27,31)(H,28,32)(H,29,30). The van der Waals surface area contributed by atoms with Gasteiger partial charge in [0.1, 0.15) is 12.6 Å². The molecule has 0 heterocycles. The second-order valence-corrected chi connectivity index (χ2v) is 9.10. The highest BCUT2D eigenvalue weighted by molar-refractivity contribution is 5.85. The van der Waals surface area contributed by atoms with Crippen LogP contribution in [-0.2, 0) is 14.3 Å². The first-order valence-corrected chi connectivity index (χ1v) is 11.4. The Bertz CT molecular complexity index is 958. The van der Waals surface area contributed by atoms with Gasteiger partial charge in [-0.25, -0.2) is 4.79 Å². The lowest BCUT2D eigenvalue weighted by Gasteiger charge is -2.22. The Labute approximate surface area is 194 Å². The van der Waals surface area contributed by atoms with E-state index >= 15 is 0 Å². The number of alkyl carbamates (subject to hydrolysis) is 1. The van der Waals surface area contributed by atoms with Gasteiger partial charge in [0, 0.05) is 18.9 Å². The zero-order valence-electron chi connectivity index (χ0n) is 19.3. The van der Waals surface area contributed by atoms with Crippen LogP contribution in [0.5, 0.6) is 0 Å². The number of benzene rings is 2. The first-order valence-electron chi connectivity index (χ1n) is 11.4. The van der Waals surface area contributed by atoms with E-state index in [0.717, 1.165) is 22.3 Å². The Hall–Kier alpha value is -3.35. The number of carbonyl (C=O) groups is 3. The number of fused-ring (bicyclic) bond motifs is 3. The third-order valence-corrected chi connectivity index (χ3v) is 5.81. The fourth-order valence-electron chi connectivity index (χ4n) is 4.25. The van der Waals surface area contributed by atoms with Crippen LogP contribution in [0.15, 0.2) is 48.5 Å². The van der Waals surface area contributed by atoms with Crippen molar-refractivity contribution >= 4 is 18.0 Å². The molecular weight excluding hydrogens is 420 g/mol. The molecule has 0 aliphatic heterocycles. The van der Waals surface area contributed by atoms with Gasteiger partial charge in [0.25, 0.3) is 0 Å². The number of nitrogens with one attached hydrogen (secondary N) is 2. The molecule has 3 rings (SSSR count). The maximum Gasteiger partial charge on any atom is 0.407 e. The number of carbonyl (C=O) groups excluding carboxylic acids is 2. The van der Waals surface area contributed by atoms with Gasteiger partial charge in [-0.05, 0) is 40.5 Å². The lowest BCUT2D eigenvalue weighted by Crippen LogP contribution is -2.48. The number of hydrogen-bond donors (Lipinski definition) is 3. The van der Waals surface area contributed by atoms with E-state index < -0.39 is 18.1 Å². The molecule has 7 heteroatoms. The minimum Gasteiger partial charge on any atom is -0.481 e. The quantitative estimate of drug-likeness (QED) is 0.502. The summed E-state index contributed by atoms with van der Waals surface area (Å²) in [7, 11) is 0. The molecule has 7 nitrogen and oxygen atoms in total. The van der Waals surface area contributed by atoms with Crippen molar-refractivity contribution in [3.05, 3.63) is 59.7 Å².